The predicted molar refractivity (Wildman–Crippen MR) is 104 cm³/mol. The number of methoxy groups -OCH3 is 1. The smallest absolute Gasteiger partial charge is 0.249 e. The molecule has 2 N–H and O–H groups in total. The number of nitrogens with two attached hydrogens (primary N) is 1. The van der Waals surface area contributed by atoms with Crippen LogP contribution in [-0.4, -0.2) is 17.6 Å². The molecule has 3 aromatic carbocycles. The van der Waals surface area contributed by atoms with E-state index in [-0.39, 0.29) is 12.1 Å². The Morgan fingerprint density at radius 2 is 1.89 bits per heavy atom. The van der Waals surface area contributed by atoms with Gasteiger partial charge in [-0.1, -0.05) is 18.2 Å². The van der Waals surface area contributed by atoms with Crippen LogP contribution in [0.15, 0.2) is 54.6 Å². The van der Waals surface area contributed by atoms with Gasteiger partial charge in [-0.2, -0.15) is 0 Å². The molecule has 142 valence electrons. The highest BCUT2D eigenvalue weighted by atomic mass is 19.1. The largest absolute Gasteiger partial charge is 0.380 e. The third kappa shape index (κ3) is 3.01. The molecule has 1 amide bonds. The third-order valence-corrected chi connectivity index (χ3v) is 4.87. The van der Waals surface area contributed by atoms with E-state index in [0.717, 1.165) is 34.1 Å². The topological polar surface area (TPSA) is 57.2 Å². The highest BCUT2D eigenvalue weighted by Gasteiger charge is 2.18. The van der Waals surface area contributed by atoms with Gasteiger partial charge in [0.05, 0.1) is 18.7 Å². The van der Waals surface area contributed by atoms with Gasteiger partial charge in [0, 0.05) is 34.5 Å². The summed E-state index contributed by atoms with van der Waals surface area (Å²) < 4.78 is 35.1. The molecular weight excluding hydrogens is 362 g/mol. The zero-order valence-electron chi connectivity index (χ0n) is 15.2. The van der Waals surface area contributed by atoms with Crippen LogP contribution < -0.4 is 5.73 Å². The molecule has 0 bridgehead atoms. The standard InChI is InChI=1S/C22H18F2N2O2/c1-28-12-13-5-7-16-20(9-13)26(11-14-10-15(23)6-8-18(14)24)19-4-2-3-17(21(16)19)22(25)27/h2-10H,11-12H2,1H3,(H2,25,27). The lowest BCUT2D eigenvalue weighted by molar-refractivity contribution is 0.100. The lowest BCUT2D eigenvalue weighted by Crippen LogP contribution is -2.11. The van der Waals surface area contributed by atoms with E-state index >= 15 is 0 Å². The molecule has 4 aromatic rings. The van der Waals surface area contributed by atoms with Gasteiger partial charge in [0.2, 0.25) is 5.91 Å². The SMILES string of the molecule is COCc1ccc2c3c(C(N)=O)cccc3n(Cc3cc(F)ccc3F)c2c1. The first-order valence-electron chi connectivity index (χ1n) is 8.76. The molecule has 0 fully saturated rings. The molecule has 4 rings (SSSR count). The van der Waals surface area contributed by atoms with Crippen LogP contribution in [0.5, 0.6) is 0 Å². The first-order chi connectivity index (χ1) is 13.5. The highest BCUT2D eigenvalue weighted by Crippen LogP contribution is 2.33. The highest BCUT2D eigenvalue weighted by molar-refractivity contribution is 6.17. The van der Waals surface area contributed by atoms with Crippen molar-refractivity contribution in [3.8, 4) is 0 Å². The Balaban J connectivity index is 2.03. The summed E-state index contributed by atoms with van der Waals surface area (Å²) in [7, 11) is 1.60. The van der Waals surface area contributed by atoms with E-state index in [1.165, 1.54) is 6.07 Å². The summed E-state index contributed by atoms with van der Waals surface area (Å²) in [5.41, 5.74) is 8.64. The van der Waals surface area contributed by atoms with Crippen molar-refractivity contribution in [1.82, 2.24) is 4.57 Å². The van der Waals surface area contributed by atoms with Crippen LogP contribution in [0.1, 0.15) is 21.5 Å². The van der Waals surface area contributed by atoms with Crippen LogP contribution in [0, 0.1) is 11.6 Å². The Labute approximate surface area is 160 Å². The van der Waals surface area contributed by atoms with Crippen molar-refractivity contribution in [2.45, 2.75) is 13.2 Å². The molecule has 0 unspecified atom stereocenters. The minimum Gasteiger partial charge on any atom is -0.380 e. The van der Waals surface area contributed by atoms with Gasteiger partial charge in [0.25, 0.3) is 0 Å². The van der Waals surface area contributed by atoms with Gasteiger partial charge < -0.3 is 15.0 Å². The van der Waals surface area contributed by atoms with Crippen molar-refractivity contribution < 1.29 is 18.3 Å². The fraction of sp³-hybridized carbons (Fsp3) is 0.136. The average molecular weight is 380 g/mol. The van der Waals surface area contributed by atoms with E-state index in [4.69, 9.17) is 10.5 Å². The maximum absolute atomic E-state index is 14.3. The molecule has 4 nitrogen and oxygen atoms in total. The lowest BCUT2D eigenvalue weighted by Gasteiger charge is -2.10. The molecule has 6 heteroatoms. The number of carbonyl (C=O) groups is 1. The lowest BCUT2D eigenvalue weighted by atomic mass is 10.0. The minimum absolute atomic E-state index is 0.113. The maximum Gasteiger partial charge on any atom is 0.249 e. The monoisotopic (exact) mass is 380 g/mol. The van der Waals surface area contributed by atoms with Gasteiger partial charge in [0.15, 0.2) is 0 Å². The summed E-state index contributed by atoms with van der Waals surface area (Å²) in [4.78, 5) is 12.0. The number of hydrogen-bond donors (Lipinski definition) is 1. The van der Waals surface area contributed by atoms with Gasteiger partial charge in [-0.25, -0.2) is 8.78 Å². The maximum atomic E-state index is 14.3. The van der Waals surface area contributed by atoms with Gasteiger partial charge >= 0.3 is 0 Å². The van der Waals surface area contributed by atoms with Crippen molar-refractivity contribution in [2.24, 2.45) is 5.73 Å². The van der Waals surface area contributed by atoms with Crippen LogP contribution in [0.4, 0.5) is 8.78 Å². The summed E-state index contributed by atoms with van der Waals surface area (Å²) in [6, 6.07) is 14.4. The molecule has 1 heterocycles. The number of primary amides is 1. The van der Waals surface area contributed by atoms with E-state index in [2.05, 4.69) is 0 Å². The number of halogens is 2. The van der Waals surface area contributed by atoms with Crippen LogP contribution in [0.25, 0.3) is 21.8 Å². The molecule has 0 aliphatic heterocycles. The van der Waals surface area contributed by atoms with E-state index in [1.54, 1.807) is 19.2 Å². The Morgan fingerprint density at radius 3 is 2.64 bits per heavy atom. The number of amides is 1. The minimum atomic E-state index is -0.539. The van der Waals surface area contributed by atoms with Crippen molar-refractivity contribution in [1.29, 1.82) is 0 Å². The van der Waals surface area contributed by atoms with Crippen LogP contribution in [0.3, 0.4) is 0 Å². The molecule has 0 radical (unpaired) electrons. The molecule has 0 spiro atoms. The number of carbonyl (C=O) groups excluding carboxylic acids is 1. The molecule has 0 aliphatic carbocycles. The number of ether oxygens (including phenoxy) is 1. The number of benzene rings is 3. The van der Waals surface area contributed by atoms with Gasteiger partial charge in [-0.3, -0.25) is 4.79 Å². The predicted octanol–water partition coefficient (Wildman–Crippen LogP) is 4.37. The number of aromatic nitrogens is 1. The molecule has 0 saturated carbocycles. The number of rotatable bonds is 5. The molecule has 1 aromatic heterocycles. The molecule has 0 saturated heterocycles. The third-order valence-electron chi connectivity index (χ3n) is 4.87. The second kappa shape index (κ2) is 7.05. The van der Waals surface area contributed by atoms with E-state index in [0.29, 0.717) is 17.6 Å². The second-order valence-corrected chi connectivity index (χ2v) is 6.67. The normalized spacial score (nSPS) is 11.4. The molecule has 28 heavy (non-hydrogen) atoms. The first kappa shape index (κ1) is 18.1. The average Bonchev–Trinajstić information content (AvgIpc) is 2.98. The fourth-order valence-electron chi connectivity index (χ4n) is 3.66. The molecular formula is C22H18F2N2O2. The van der Waals surface area contributed by atoms with E-state index in [9.17, 15) is 13.6 Å². The quantitative estimate of drug-likeness (QED) is 0.559. The Bertz CT molecular complexity index is 1210. The summed E-state index contributed by atoms with van der Waals surface area (Å²) >= 11 is 0. The number of fused-ring (bicyclic) bond motifs is 3. The summed E-state index contributed by atoms with van der Waals surface area (Å²) in [6.45, 7) is 0.525. The van der Waals surface area contributed by atoms with Crippen molar-refractivity contribution in [2.75, 3.05) is 7.11 Å². The van der Waals surface area contributed by atoms with Crippen LogP contribution >= 0.6 is 0 Å². The molecule has 0 aliphatic rings. The second-order valence-electron chi connectivity index (χ2n) is 6.67. The number of hydrogen-bond acceptors (Lipinski definition) is 2. The van der Waals surface area contributed by atoms with Crippen LogP contribution in [-0.2, 0) is 17.9 Å². The fourth-order valence-corrected chi connectivity index (χ4v) is 3.66. The Morgan fingerprint density at radius 1 is 1.07 bits per heavy atom. The van der Waals surface area contributed by atoms with Crippen LogP contribution in [0.2, 0.25) is 0 Å². The molecule has 0 atom stereocenters. The Hall–Kier alpha value is -3.25. The first-order valence-corrected chi connectivity index (χ1v) is 8.76. The summed E-state index contributed by atoms with van der Waals surface area (Å²) in [6.07, 6.45) is 0. The van der Waals surface area contributed by atoms with E-state index in [1.807, 2.05) is 28.8 Å². The summed E-state index contributed by atoms with van der Waals surface area (Å²) in [5.74, 6) is -1.53. The van der Waals surface area contributed by atoms with Gasteiger partial charge in [-0.15, -0.1) is 0 Å². The Kier molecular flexibility index (Phi) is 4.57. The van der Waals surface area contributed by atoms with Crippen molar-refractivity contribution in [3.63, 3.8) is 0 Å². The number of nitrogens with zero attached hydrogens (tertiary/aromatic N) is 1. The van der Waals surface area contributed by atoms with Gasteiger partial charge in [-0.05, 0) is 42.0 Å². The van der Waals surface area contributed by atoms with Crippen molar-refractivity contribution >= 4 is 27.7 Å². The van der Waals surface area contributed by atoms with E-state index < -0.39 is 17.5 Å². The summed E-state index contributed by atoms with van der Waals surface area (Å²) in [5, 5.41) is 1.52. The zero-order chi connectivity index (χ0) is 19.8. The zero-order valence-corrected chi connectivity index (χ0v) is 15.2. The van der Waals surface area contributed by atoms with Crippen molar-refractivity contribution in [3.05, 3.63) is 82.9 Å². The van der Waals surface area contributed by atoms with Gasteiger partial charge in [0.1, 0.15) is 11.6 Å².